The SMILES string of the molecule is CC12CC3(C)CC(c4ccc(N=C=O)cc4)(C1)CC(c1ccc(N=C=O)cc1)(C2)C3. The van der Waals surface area contributed by atoms with Crippen molar-refractivity contribution in [2.75, 3.05) is 0 Å². The predicted molar refractivity (Wildman–Crippen MR) is 116 cm³/mol. The number of hydrogen-bond donors (Lipinski definition) is 0. The Morgan fingerprint density at radius 2 is 0.967 bits per heavy atom. The molecule has 0 radical (unpaired) electrons. The second-order valence-electron chi connectivity index (χ2n) is 10.7. The van der Waals surface area contributed by atoms with Crippen molar-refractivity contribution in [3.8, 4) is 0 Å². The Bertz CT molecular complexity index is 987. The summed E-state index contributed by atoms with van der Waals surface area (Å²) in [6.07, 6.45) is 10.5. The molecule has 4 aliphatic carbocycles. The van der Waals surface area contributed by atoms with Crippen molar-refractivity contribution in [1.29, 1.82) is 0 Å². The molecular weight excluding hydrogens is 372 g/mol. The van der Waals surface area contributed by atoms with Gasteiger partial charge in [-0.1, -0.05) is 38.1 Å². The van der Waals surface area contributed by atoms with E-state index in [1.54, 1.807) is 12.2 Å². The molecule has 4 bridgehead atoms. The molecule has 0 N–H and O–H groups in total. The maximum absolute atomic E-state index is 10.6. The number of benzene rings is 2. The zero-order chi connectivity index (χ0) is 21.0. The van der Waals surface area contributed by atoms with E-state index in [-0.39, 0.29) is 10.8 Å². The normalized spacial score (nSPS) is 36.1. The third-order valence-corrected chi connectivity index (χ3v) is 7.90. The third-order valence-electron chi connectivity index (χ3n) is 7.90. The molecule has 0 spiro atoms. The summed E-state index contributed by atoms with van der Waals surface area (Å²) in [7, 11) is 0. The summed E-state index contributed by atoms with van der Waals surface area (Å²) >= 11 is 0. The van der Waals surface area contributed by atoms with Crippen molar-refractivity contribution >= 4 is 23.5 Å². The molecule has 2 aromatic carbocycles. The fourth-order valence-electron chi connectivity index (χ4n) is 8.19. The fraction of sp³-hybridized carbons (Fsp3) is 0.462. The molecule has 4 saturated carbocycles. The minimum atomic E-state index is 0.140. The van der Waals surface area contributed by atoms with Crippen LogP contribution in [0.3, 0.4) is 0 Å². The quantitative estimate of drug-likeness (QED) is 0.455. The monoisotopic (exact) mass is 398 g/mol. The summed E-state index contributed by atoms with van der Waals surface area (Å²) in [5.74, 6) is 0. The van der Waals surface area contributed by atoms with Gasteiger partial charge in [-0.3, -0.25) is 0 Å². The molecular formula is C26H26N2O2. The molecule has 0 saturated heterocycles. The second-order valence-corrected chi connectivity index (χ2v) is 10.7. The lowest BCUT2D eigenvalue weighted by Gasteiger charge is -2.70. The van der Waals surface area contributed by atoms with E-state index in [1.807, 2.05) is 24.3 Å². The van der Waals surface area contributed by atoms with Crippen LogP contribution in [0.15, 0.2) is 58.5 Å². The highest BCUT2D eigenvalue weighted by molar-refractivity contribution is 5.52. The van der Waals surface area contributed by atoms with Crippen molar-refractivity contribution < 1.29 is 9.59 Å². The Kier molecular flexibility index (Phi) is 4.06. The maximum atomic E-state index is 10.6. The topological polar surface area (TPSA) is 58.9 Å². The van der Waals surface area contributed by atoms with E-state index >= 15 is 0 Å². The highest BCUT2D eigenvalue weighted by Crippen LogP contribution is 2.74. The molecule has 6 rings (SSSR count). The van der Waals surface area contributed by atoms with Crippen molar-refractivity contribution in [2.45, 2.75) is 63.2 Å². The summed E-state index contributed by atoms with van der Waals surface area (Å²) in [6.45, 7) is 4.95. The van der Waals surface area contributed by atoms with Gasteiger partial charge in [-0.15, -0.1) is 0 Å². The Hall–Kier alpha value is -2.80. The van der Waals surface area contributed by atoms with Crippen LogP contribution < -0.4 is 0 Å². The van der Waals surface area contributed by atoms with Gasteiger partial charge >= 0.3 is 0 Å². The van der Waals surface area contributed by atoms with Gasteiger partial charge in [0.25, 0.3) is 0 Å². The minimum absolute atomic E-state index is 0.140. The second kappa shape index (κ2) is 6.35. The lowest BCUT2D eigenvalue weighted by Crippen LogP contribution is -2.62. The number of carbonyl (C=O) groups excluding carboxylic acids is 2. The minimum Gasteiger partial charge on any atom is -0.211 e. The summed E-state index contributed by atoms with van der Waals surface area (Å²) < 4.78 is 0. The van der Waals surface area contributed by atoms with Crippen molar-refractivity contribution in [3.05, 3.63) is 59.7 Å². The van der Waals surface area contributed by atoms with Crippen LogP contribution in [0, 0.1) is 10.8 Å². The van der Waals surface area contributed by atoms with Crippen LogP contribution >= 0.6 is 0 Å². The highest BCUT2D eigenvalue weighted by Gasteiger charge is 2.66. The van der Waals surface area contributed by atoms with Gasteiger partial charge in [0.1, 0.15) is 0 Å². The molecule has 152 valence electrons. The van der Waals surface area contributed by atoms with Crippen LogP contribution in [0.1, 0.15) is 63.5 Å². The maximum Gasteiger partial charge on any atom is 0.240 e. The molecule has 30 heavy (non-hydrogen) atoms. The van der Waals surface area contributed by atoms with Crippen LogP contribution in [0.5, 0.6) is 0 Å². The number of rotatable bonds is 4. The Labute approximate surface area is 177 Å². The molecule has 0 heterocycles. The van der Waals surface area contributed by atoms with Gasteiger partial charge < -0.3 is 0 Å². The molecule has 0 amide bonds. The predicted octanol–water partition coefficient (Wildman–Crippen LogP) is 6.19. The number of nitrogens with zero attached hydrogens (tertiary/aromatic N) is 2. The molecule has 4 fully saturated rings. The largest absolute Gasteiger partial charge is 0.240 e. The average molecular weight is 399 g/mol. The number of hydrogen-bond acceptors (Lipinski definition) is 4. The van der Waals surface area contributed by atoms with E-state index in [2.05, 4.69) is 48.1 Å². The first-order valence-corrected chi connectivity index (χ1v) is 10.7. The van der Waals surface area contributed by atoms with Gasteiger partial charge in [-0.2, -0.15) is 9.98 Å². The molecule has 4 heteroatoms. The Morgan fingerprint density at radius 3 is 1.30 bits per heavy atom. The Balaban J connectivity index is 1.61. The van der Waals surface area contributed by atoms with E-state index in [4.69, 9.17) is 0 Å². The van der Waals surface area contributed by atoms with Gasteiger partial charge in [-0.05, 0) is 95.6 Å². The Morgan fingerprint density at radius 1 is 0.600 bits per heavy atom. The fourth-order valence-corrected chi connectivity index (χ4v) is 8.19. The van der Waals surface area contributed by atoms with Crippen LogP contribution in [0.4, 0.5) is 11.4 Å². The van der Waals surface area contributed by atoms with Gasteiger partial charge in [0.15, 0.2) is 0 Å². The zero-order valence-corrected chi connectivity index (χ0v) is 17.6. The third kappa shape index (κ3) is 2.91. The average Bonchev–Trinajstić information content (AvgIpc) is 2.67. The molecule has 4 nitrogen and oxygen atoms in total. The van der Waals surface area contributed by atoms with E-state index in [1.165, 1.54) is 43.2 Å². The zero-order valence-electron chi connectivity index (χ0n) is 17.6. The van der Waals surface area contributed by atoms with Crippen molar-refractivity contribution in [3.63, 3.8) is 0 Å². The van der Waals surface area contributed by atoms with Crippen LogP contribution in [-0.2, 0) is 20.4 Å². The van der Waals surface area contributed by atoms with Crippen LogP contribution in [-0.4, -0.2) is 12.2 Å². The summed E-state index contributed by atoms with van der Waals surface area (Å²) in [4.78, 5) is 28.7. The van der Waals surface area contributed by atoms with Crippen LogP contribution in [0.2, 0.25) is 0 Å². The molecule has 0 aliphatic heterocycles. The van der Waals surface area contributed by atoms with Gasteiger partial charge in [0.05, 0.1) is 11.4 Å². The van der Waals surface area contributed by atoms with Gasteiger partial charge in [-0.25, -0.2) is 9.59 Å². The van der Waals surface area contributed by atoms with Crippen molar-refractivity contribution in [1.82, 2.24) is 0 Å². The summed E-state index contributed by atoms with van der Waals surface area (Å²) in [6, 6.07) is 16.5. The van der Waals surface area contributed by atoms with E-state index in [0.717, 1.165) is 6.42 Å². The molecule has 4 aliphatic rings. The smallest absolute Gasteiger partial charge is 0.211 e. The first-order chi connectivity index (χ1) is 14.3. The molecule has 0 aromatic heterocycles. The van der Waals surface area contributed by atoms with Gasteiger partial charge in [0, 0.05) is 0 Å². The summed E-state index contributed by atoms with van der Waals surface area (Å²) in [5.41, 5.74) is 4.97. The van der Waals surface area contributed by atoms with E-state index in [9.17, 15) is 9.59 Å². The lowest BCUT2D eigenvalue weighted by molar-refractivity contribution is -0.126. The standard InChI is InChI=1S/C26H26N2O2/c1-23-11-24(2)14-25(12-23,19-3-7-21(8-4-19)27-17-29)16-26(13-23,15-24)20-5-9-22(10-6-20)28-18-30/h3-10H,11-16H2,1-2H3. The first-order valence-electron chi connectivity index (χ1n) is 10.7. The lowest BCUT2D eigenvalue weighted by atomic mass is 9.34. The van der Waals surface area contributed by atoms with E-state index in [0.29, 0.717) is 22.2 Å². The van der Waals surface area contributed by atoms with E-state index < -0.39 is 0 Å². The molecule has 0 atom stereocenters. The van der Waals surface area contributed by atoms with Crippen LogP contribution in [0.25, 0.3) is 0 Å². The van der Waals surface area contributed by atoms with Crippen molar-refractivity contribution in [2.24, 2.45) is 20.8 Å². The summed E-state index contributed by atoms with van der Waals surface area (Å²) in [5, 5.41) is 0. The number of aliphatic imine (C=N–C) groups is 2. The molecule has 2 aromatic rings. The van der Waals surface area contributed by atoms with Gasteiger partial charge in [0.2, 0.25) is 12.2 Å². The first kappa shape index (κ1) is 19.2. The highest BCUT2D eigenvalue weighted by atomic mass is 16.1. The number of isocyanates is 2. The molecule has 0 unspecified atom stereocenters.